The Labute approximate surface area is 214 Å². The zero-order chi connectivity index (χ0) is 25.1. The number of hydrogen-bond acceptors (Lipinski definition) is 4. The Kier molecular flexibility index (Phi) is 6.86. The molecule has 0 atom stereocenters. The quantitative estimate of drug-likeness (QED) is 0.301. The molecule has 184 valence electrons. The zero-order valence-corrected chi connectivity index (χ0v) is 21.6. The van der Waals surface area contributed by atoms with E-state index in [9.17, 15) is 0 Å². The van der Waals surface area contributed by atoms with Crippen LogP contribution in [0.1, 0.15) is 33.4 Å². The number of aryl methyl sites for hydroxylation is 4. The maximum absolute atomic E-state index is 5.84. The third kappa shape index (κ3) is 5.33. The van der Waals surface area contributed by atoms with Gasteiger partial charge in [0, 0.05) is 29.0 Å². The Hall–Kier alpha value is -3.92. The first-order valence-electron chi connectivity index (χ1n) is 12.5. The number of ether oxygens (including phenoxy) is 2. The van der Waals surface area contributed by atoms with E-state index in [4.69, 9.17) is 9.47 Å². The van der Waals surface area contributed by atoms with E-state index in [0.29, 0.717) is 13.5 Å². The van der Waals surface area contributed by atoms with Crippen LogP contribution in [0.25, 0.3) is 0 Å². The van der Waals surface area contributed by atoms with Crippen molar-refractivity contribution in [2.24, 2.45) is 0 Å². The summed E-state index contributed by atoms with van der Waals surface area (Å²) in [6.45, 7) is 11.6. The number of anilines is 2. The summed E-state index contributed by atoms with van der Waals surface area (Å²) in [7, 11) is 0. The van der Waals surface area contributed by atoms with Gasteiger partial charge in [-0.25, -0.2) is 0 Å². The van der Waals surface area contributed by atoms with Crippen LogP contribution < -0.4 is 19.3 Å². The fraction of sp³-hybridized carbons (Fsp3) is 0.250. The van der Waals surface area contributed by atoms with E-state index in [1.807, 2.05) is 0 Å². The summed E-state index contributed by atoms with van der Waals surface area (Å²) in [4.78, 5) is 4.52. The summed E-state index contributed by atoms with van der Waals surface area (Å²) in [6, 6.07) is 29.8. The Bertz CT molecular complexity index is 1360. The molecule has 0 fully saturated rings. The fourth-order valence-corrected chi connectivity index (χ4v) is 4.70. The minimum absolute atomic E-state index is 0.625. The van der Waals surface area contributed by atoms with Gasteiger partial charge in [-0.3, -0.25) is 0 Å². The van der Waals surface area contributed by atoms with Crippen molar-refractivity contribution in [3.63, 3.8) is 0 Å². The number of hydrogen-bond donors (Lipinski definition) is 0. The summed E-state index contributed by atoms with van der Waals surface area (Å²) in [6.07, 6.45) is 0. The number of nitrogens with zero attached hydrogens (tertiary/aromatic N) is 2. The van der Waals surface area contributed by atoms with Crippen LogP contribution in [-0.2, 0) is 13.1 Å². The fourth-order valence-electron chi connectivity index (χ4n) is 4.70. The molecule has 0 aliphatic carbocycles. The van der Waals surface area contributed by atoms with E-state index in [0.717, 1.165) is 24.6 Å². The normalized spacial score (nSPS) is 14.0. The maximum atomic E-state index is 5.84. The highest BCUT2D eigenvalue weighted by Crippen LogP contribution is 2.31. The average Bonchev–Trinajstić information content (AvgIpc) is 2.89. The average molecular weight is 479 g/mol. The van der Waals surface area contributed by atoms with Gasteiger partial charge in [0.05, 0.1) is 6.54 Å². The minimum atomic E-state index is 0.625. The van der Waals surface area contributed by atoms with E-state index in [2.05, 4.69) is 122 Å². The van der Waals surface area contributed by atoms with Crippen molar-refractivity contribution in [2.45, 2.75) is 40.8 Å². The van der Waals surface area contributed by atoms with Crippen molar-refractivity contribution < 1.29 is 9.47 Å². The van der Waals surface area contributed by atoms with Crippen molar-refractivity contribution >= 4 is 11.4 Å². The molecule has 4 nitrogen and oxygen atoms in total. The standard InChI is InChI=1S/2C16H17NO/c1-12-5-3-7-14(9-12)17-10-15-13(2)6-4-8-16(15)18-11-17;1-12-4-3-5-15(8-12)17-10-14-7-6-13(2)9-16(14)18-11-17/h2*3-9H,10-11H2,1-2H3. The maximum Gasteiger partial charge on any atom is 0.161 e. The van der Waals surface area contributed by atoms with Crippen molar-refractivity contribution in [1.29, 1.82) is 0 Å². The van der Waals surface area contributed by atoms with Gasteiger partial charge in [0.1, 0.15) is 11.5 Å². The van der Waals surface area contributed by atoms with E-state index >= 15 is 0 Å². The topological polar surface area (TPSA) is 24.9 Å². The lowest BCUT2D eigenvalue weighted by Gasteiger charge is -2.31. The van der Waals surface area contributed by atoms with Gasteiger partial charge in [-0.15, -0.1) is 0 Å². The summed E-state index contributed by atoms with van der Waals surface area (Å²) < 4.78 is 11.7. The molecule has 0 spiro atoms. The number of fused-ring (bicyclic) bond motifs is 2. The van der Waals surface area contributed by atoms with Crippen LogP contribution in [0, 0.1) is 27.7 Å². The monoisotopic (exact) mass is 478 g/mol. The van der Waals surface area contributed by atoms with E-state index in [1.54, 1.807) is 0 Å². The SMILES string of the molecule is Cc1cccc(N2COc3cc(C)ccc3C2)c1.Cc1cccc(N2COc3cccc(C)c3C2)c1. The van der Waals surface area contributed by atoms with Gasteiger partial charge in [-0.1, -0.05) is 48.5 Å². The van der Waals surface area contributed by atoms with E-state index in [-0.39, 0.29) is 0 Å². The molecule has 4 aromatic carbocycles. The van der Waals surface area contributed by atoms with E-state index in [1.165, 1.54) is 44.8 Å². The lowest BCUT2D eigenvalue weighted by molar-refractivity contribution is 0.289. The predicted octanol–water partition coefficient (Wildman–Crippen LogP) is 7.32. The second-order valence-electron chi connectivity index (χ2n) is 9.78. The molecule has 0 N–H and O–H groups in total. The molecule has 0 aromatic heterocycles. The van der Waals surface area contributed by atoms with Gasteiger partial charge in [0.15, 0.2) is 13.5 Å². The van der Waals surface area contributed by atoms with Crippen molar-refractivity contribution in [2.75, 3.05) is 23.3 Å². The molecule has 2 aliphatic heterocycles. The smallest absolute Gasteiger partial charge is 0.161 e. The van der Waals surface area contributed by atoms with Crippen LogP contribution in [0.2, 0.25) is 0 Å². The van der Waals surface area contributed by atoms with Crippen LogP contribution in [0.4, 0.5) is 11.4 Å². The van der Waals surface area contributed by atoms with Gasteiger partial charge in [0.2, 0.25) is 0 Å². The molecule has 2 aliphatic rings. The highest BCUT2D eigenvalue weighted by molar-refractivity contribution is 5.53. The van der Waals surface area contributed by atoms with Gasteiger partial charge >= 0.3 is 0 Å². The Morgan fingerprint density at radius 3 is 1.81 bits per heavy atom. The summed E-state index contributed by atoms with van der Waals surface area (Å²) in [5.41, 5.74) is 10.1. The minimum Gasteiger partial charge on any atom is -0.473 e. The third-order valence-corrected chi connectivity index (χ3v) is 6.79. The van der Waals surface area contributed by atoms with Crippen molar-refractivity contribution in [3.8, 4) is 11.5 Å². The van der Waals surface area contributed by atoms with E-state index < -0.39 is 0 Å². The van der Waals surface area contributed by atoms with Crippen LogP contribution in [0.5, 0.6) is 11.5 Å². The number of rotatable bonds is 2. The van der Waals surface area contributed by atoms with Crippen molar-refractivity contribution in [3.05, 3.63) is 118 Å². The Balaban J connectivity index is 0.000000148. The first-order valence-corrected chi connectivity index (χ1v) is 12.5. The summed E-state index contributed by atoms with van der Waals surface area (Å²) >= 11 is 0. The van der Waals surface area contributed by atoms with Gasteiger partial charge in [-0.05, 0) is 86.3 Å². The van der Waals surface area contributed by atoms with Crippen LogP contribution >= 0.6 is 0 Å². The van der Waals surface area contributed by atoms with Gasteiger partial charge < -0.3 is 19.3 Å². The molecule has 0 unspecified atom stereocenters. The lowest BCUT2D eigenvalue weighted by Crippen LogP contribution is -2.32. The second-order valence-corrected chi connectivity index (χ2v) is 9.78. The first-order chi connectivity index (χ1) is 17.5. The van der Waals surface area contributed by atoms with Crippen LogP contribution in [0.3, 0.4) is 0 Å². The molecule has 2 heterocycles. The Morgan fingerprint density at radius 1 is 0.556 bits per heavy atom. The number of benzene rings is 4. The molecule has 0 bridgehead atoms. The predicted molar refractivity (Wildman–Crippen MR) is 148 cm³/mol. The molecule has 6 rings (SSSR count). The van der Waals surface area contributed by atoms with Crippen LogP contribution in [-0.4, -0.2) is 13.5 Å². The second kappa shape index (κ2) is 10.4. The Morgan fingerprint density at radius 2 is 1.14 bits per heavy atom. The molecule has 0 saturated carbocycles. The highest BCUT2D eigenvalue weighted by Gasteiger charge is 2.19. The molecule has 4 aromatic rings. The molecule has 4 heteroatoms. The zero-order valence-electron chi connectivity index (χ0n) is 21.6. The third-order valence-electron chi connectivity index (χ3n) is 6.79. The largest absolute Gasteiger partial charge is 0.473 e. The lowest BCUT2D eigenvalue weighted by atomic mass is 10.1. The van der Waals surface area contributed by atoms with Crippen molar-refractivity contribution in [1.82, 2.24) is 0 Å². The van der Waals surface area contributed by atoms with Gasteiger partial charge in [-0.2, -0.15) is 0 Å². The molecule has 36 heavy (non-hydrogen) atoms. The molecular weight excluding hydrogens is 444 g/mol. The molecule has 0 radical (unpaired) electrons. The molecule has 0 amide bonds. The van der Waals surface area contributed by atoms with Crippen LogP contribution in [0.15, 0.2) is 84.9 Å². The molecule has 0 saturated heterocycles. The highest BCUT2D eigenvalue weighted by atomic mass is 16.5. The molecular formula is C32H34N2O2. The van der Waals surface area contributed by atoms with Gasteiger partial charge in [0.25, 0.3) is 0 Å². The first kappa shape index (κ1) is 23.8. The summed E-state index contributed by atoms with van der Waals surface area (Å²) in [5.74, 6) is 2.05. The summed E-state index contributed by atoms with van der Waals surface area (Å²) in [5, 5.41) is 0.